The van der Waals surface area contributed by atoms with E-state index in [1.165, 1.54) is 5.56 Å². The number of rotatable bonds is 5. The quantitative estimate of drug-likeness (QED) is 0.907. The van der Waals surface area contributed by atoms with Crippen molar-refractivity contribution >= 4 is 11.8 Å². The van der Waals surface area contributed by atoms with Gasteiger partial charge in [0.25, 0.3) is 0 Å². The molecule has 1 N–H and O–H groups in total. The van der Waals surface area contributed by atoms with E-state index < -0.39 is 0 Å². The molecule has 1 atom stereocenters. The highest BCUT2D eigenvalue weighted by molar-refractivity contribution is 5.79. The Hall–Kier alpha value is -1.84. The fraction of sp³-hybridized carbons (Fsp3) is 0.579. The number of hydrogen-bond acceptors (Lipinski definition) is 2. The van der Waals surface area contributed by atoms with Crippen molar-refractivity contribution in [3.8, 4) is 0 Å². The molecule has 1 aromatic rings. The van der Waals surface area contributed by atoms with Gasteiger partial charge in [-0.25, -0.2) is 0 Å². The summed E-state index contributed by atoms with van der Waals surface area (Å²) >= 11 is 0. The number of likely N-dealkylation sites (tertiary alicyclic amines) is 1. The zero-order valence-electron chi connectivity index (χ0n) is 14.5. The van der Waals surface area contributed by atoms with Crippen LogP contribution in [0.3, 0.4) is 0 Å². The molecule has 0 aliphatic carbocycles. The summed E-state index contributed by atoms with van der Waals surface area (Å²) in [5.74, 6) is 0.660. The second kappa shape index (κ2) is 8.14. The van der Waals surface area contributed by atoms with E-state index in [-0.39, 0.29) is 17.7 Å². The topological polar surface area (TPSA) is 49.4 Å². The normalized spacial score (nSPS) is 18.1. The van der Waals surface area contributed by atoms with Crippen LogP contribution >= 0.6 is 0 Å². The van der Waals surface area contributed by atoms with Crippen molar-refractivity contribution in [3.05, 3.63) is 35.4 Å². The third-order valence-electron chi connectivity index (χ3n) is 4.44. The maximum atomic E-state index is 12.5. The lowest BCUT2D eigenvalue weighted by Crippen LogP contribution is -2.44. The van der Waals surface area contributed by atoms with E-state index >= 15 is 0 Å². The van der Waals surface area contributed by atoms with Gasteiger partial charge in [0.1, 0.15) is 0 Å². The van der Waals surface area contributed by atoms with Crippen molar-refractivity contribution in [2.75, 3.05) is 19.6 Å². The van der Waals surface area contributed by atoms with Crippen molar-refractivity contribution in [2.24, 2.45) is 11.8 Å². The number of nitrogens with one attached hydrogen (secondary N) is 1. The molecular weight excluding hydrogens is 288 g/mol. The number of carbonyl (C=O) groups is 2. The van der Waals surface area contributed by atoms with Crippen molar-refractivity contribution < 1.29 is 9.59 Å². The van der Waals surface area contributed by atoms with Crippen molar-refractivity contribution in [1.82, 2.24) is 10.2 Å². The molecule has 4 nitrogen and oxygen atoms in total. The van der Waals surface area contributed by atoms with E-state index in [4.69, 9.17) is 0 Å². The second-order valence-corrected chi connectivity index (χ2v) is 6.91. The van der Waals surface area contributed by atoms with Gasteiger partial charge in [0, 0.05) is 25.6 Å². The van der Waals surface area contributed by atoms with Gasteiger partial charge in [0.05, 0.1) is 6.42 Å². The molecule has 1 saturated heterocycles. The van der Waals surface area contributed by atoms with Crippen LogP contribution in [0.15, 0.2) is 24.3 Å². The lowest BCUT2D eigenvalue weighted by molar-refractivity contribution is -0.132. The van der Waals surface area contributed by atoms with Crippen LogP contribution in [0, 0.1) is 18.8 Å². The molecular formula is C19H28N2O2. The van der Waals surface area contributed by atoms with Gasteiger partial charge in [-0.05, 0) is 31.2 Å². The first-order valence-corrected chi connectivity index (χ1v) is 8.56. The second-order valence-electron chi connectivity index (χ2n) is 6.91. The van der Waals surface area contributed by atoms with Gasteiger partial charge in [0.2, 0.25) is 11.8 Å². The zero-order valence-corrected chi connectivity index (χ0v) is 14.5. The highest BCUT2D eigenvalue weighted by Gasteiger charge is 2.24. The van der Waals surface area contributed by atoms with Gasteiger partial charge in [-0.1, -0.05) is 43.7 Å². The van der Waals surface area contributed by atoms with E-state index in [0.29, 0.717) is 18.9 Å². The summed E-state index contributed by atoms with van der Waals surface area (Å²) in [5.41, 5.74) is 2.27. The van der Waals surface area contributed by atoms with E-state index in [9.17, 15) is 9.59 Å². The van der Waals surface area contributed by atoms with E-state index in [0.717, 1.165) is 31.5 Å². The Bertz CT molecular complexity index is 537. The average Bonchev–Trinajstić information content (AvgIpc) is 2.54. The number of nitrogens with zero attached hydrogens (tertiary/aromatic N) is 1. The molecule has 0 aromatic heterocycles. The molecule has 1 aliphatic heterocycles. The molecule has 1 aliphatic rings. The Morgan fingerprint density at radius 1 is 1.26 bits per heavy atom. The predicted octanol–water partition coefficient (Wildman–Crippen LogP) is 2.55. The number of piperidine rings is 1. The number of benzene rings is 1. The van der Waals surface area contributed by atoms with Crippen LogP contribution in [-0.4, -0.2) is 36.3 Å². The summed E-state index contributed by atoms with van der Waals surface area (Å²) in [7, 11) is 0. The largest absolute Gasteiger partial charge is 0.356 e. The fourth-order valence-electron chi connectivity index (χ4n) is 2.90. The molecule has 0 radical (unpaired) electrons. The van der Waals surface area contributed by atoms with Gasteiger partial charge in [-0.3, -0.25) is 9.59 Å². The van der Waals surface area contributed by atoms with Gasteiger partial charge < -0.3 is 10.2 Å². The Kier molecular flexibility index (Phi) is 6.20. The summed E-state index contributed by atoms with van der Waals surface area (Å²) in [6.45, 7) is 8.10. The highest BCUT2D eigenvalue weighted by Crippen LogP contribution is 2.17. The van der Waals surface area contributed by atoms with Crippen molar-refractivity contribution in [2.45, 2.75) is 40.0 Å². The van der Waals surface area contributed by atoms with Crippen LogP contribution in [-0.2, 0) is 16.0 Å². The van der Waals surface area contributed by atoms with Crippen LogP contribution in [0.4, 0.5) is 0 Å². The summed E-state index contributed by atoms with van der Waals surface area (Å²) < 4.78 is 0. The standard InChI is InChI=1S/C19H28N2O2/c1-14(2)19(23)20-12-17-5-4-10-21(13-17)18(22)11-16-8-6-15(3)7-9-16/h6-9,14,17H,4-5,10-13H2,1-3H3,(H,20,23)/t17-/m1/s1. The summed E-state index contributed by atoms with van der Waals surface area (Å²) in [6.07, 6.45) is 2.56. The molecule has 4 heteroatoms. The molecule has 0 spiro atoms. The maximum absolute atomic E-state index is 12.5. The first kappa shape index (κ1) is 17.5. The minimum absolute atomic E-state index is 0.0119. The van der Waals surface area contributed by atoms with E-state index in [1.807, 2.05) is 49.9 Å². The minimum atomic E-state index is 0.0119. The number of amides is 2. The summed E-state index contributed by atoms with van der Waals surface area (Å²) in [5, 5.41) is 2.99. The van der Waals surface area contributed by atoms with Gasteiger partial charge in [0.15, 0.2) is 0 Å². The monoisotopic (exact) mass is 316 g/mol. The zero-order chi connectivity index (χ0) is 16.8. The number of aryl methyl sites for hydroxylation is 1. The van der Waals surface area contributed by atoms with Crippen LogP contribution in [0.2, 0.25) is 0 Å². The van der Waals surface area contributed by atoms with Crippen molar-refractivity contribution in [1.29, 1.82) is 0 Å². The first-order chi connectivity index (χ1) is 11.0. The molecule has 0 bridgehead atoms. The van der Waals surface area contributed by atoms with Crippen LogP contribution < -0.4 is 5.32 Å². The van der Waals surface area contributed by atoms with E-state index in [2.05, 4.69) is 5.32 Å². The number of hydrogen-bond donors (Lipinski definition) is 1. The molecule has 23 heavy (non-hydrogen) atoms. The third kappa shape index (κ3) is 5.38. The summed E-state index contributed by atoms with van der Waals surface area (Å²) in [6, 6.07) is 8.14. The van der Waals surface area contributed by atoms with Gasteiger partial charge >= 0.3 is 0 Å². The van der Waals surface area contributed by atoms with Crippen LogP contribution in [0.1, 0.15) is 37.8 Å². The Balaban J connectivity index is 1.83. The molecule has 0 saturated carbocycles. The SMILES string of the molecule is Cc1ccc(CC(=O)N2CCC[C@H](CNC(=O)C(C)C)C2)cc1. The molecule has 0 unspecified atom stereocenters. The summed E-state index contributed by atoms with van der Waals surface area (Å²) in [4.78, 5) is 26.1. The molecule has 1 fully saturated rings. The maximum Gasteiger partial charge on any atom is 0.226 e. The average molecular weight is 316 g/mol. The Labute approximate surface area is 139 Å². The number of carbonyl (C=O) groups excluding carboxylic acids is 2. The molecule has 2 amide bonds. The third-order valence-corrected chi connectivity index (χ3v) is 4.44. The lowest BCUT2D eigenvalue weighted by atomic mass is 9.97. The minimum Gasteiger partial charge on any atom is -0.356 e. The predicted molar refractivity (Wildman–Crippen MR) is 92.0 cm³/mol. The molecule has 1 heterocycles. The fourth-order valence-corrected chi connectivity index (χ4v) is 2.90. The Morgan fingerprint density at radius 3 is 2.61 bits per heavy atom. The molecule has 126 valence electrons. The first-order valence-electron chi connectivity index (χ1n) is 8.56. The molecule has 2 rings (SSSR count). The smallest absolute Gasteiger partial charge is 0.226 e. The molecule has 1 aromatic carbocycles. The van der Waals surface area contributed by atoms with Crippen LogP contribution in [0.25, 0.3) is 0 Å². The van der Waals surface area contributed by atoms with Gasteiger partial charge in [-0.2, -0.15) is 0 Å². The Morgan fingerprint density at radius 2 is 1.96 bits per heavy atom. The lowest BCUT2D eigenvalue weighted by Gasteiger charge is -2.33. The van der Waals surface area contributed by atoms with Gasteiger partial charge in [-0.15, -0.1) is 0 Å². The van der Waals surface area contributed by atoms with Crippen molar-refractivity contribution in [3.63, 3.8) is 0 Å². The van der Waals surface area contributed by atoms with E-state index in [1.54, 1.807) is 0 Å². The van der Waals surface area contributed by atoms with Crippen LogP contribution in [0.5, 0.6) is 0 Å². The highest BCUT2D eigenvalue weighted by atomic mass is 16.2.